The lowest BCUT2D eigenvalue weighted by atomic mass is 10.1. The average molecular weight is 336 g/mol. The van der Waals surface area contributed by atoms with E-state index in [9.17, 15) is 18.0 Å². The molecular formula is C13H12N4O5S. The molecule has 0 saturated carbocycles. The second-order valence-corrected chi connectivity index (χ2v) is 6.09. The third-order valence-corrected chi connectivity index (χ3v) is 4.21. The third-order valence-electron chi connectivity index (χ3n) is 2.82. The molecule has 0 aliphatic rings. The Morgan fingerprint density at radius 1 is 1.22 bits per heavy atom. The molecule has 1 aromatic heterocycles. The number of carbonyl (C=O) groups excluding carboxylic acids is 1. The van der Waals surface area contributed by atoms with Crippen LogP contribution in [0, 0.1) is 6.92 Å². The van der Waals surface area contributed by atoms with Crippen LogP contribution >= 0.6 is 0 Å². The molecular weight excluding hydrogens is 324 g/mol. The van der Waals surface area contributed by atoms with Gasteiger partial charge < -0.3 is 5.11 Å². The maximum Gasteiger partial charge on any atom is 0.335 e. The molecule has 0 bridgehead atoms. The second kappa shape index (κ2) is 6.50. The summed E-state index contributed by atoms with van der Waals surface area (Å²) >= 11 is 0. The molecule has 0 radical (unpaired) electrons. The zero-order valence-corrected chi connectivity index (χ0v) is 12.7. The van der Waals surface area contributed by atoms with Crippen LogP contribution < -0.4 is 10.3 Å². The fourth-order valence-corrected chi connectivity index (χ4v) is 2.78. The summed E-state index contributed by atoms with van der Waals surface area (Å²) in [6, 6.07) is 3.66. The Bertz CT molecular complexity index is 852. The summed E-state index contributed by atoms with van der Waals surface area (Å²) in [6.07, 6.45) is 3.81. The summed E-state index contributed by atoms with van der Waals surface area (Å²) in [5.41, 5.74) is 2.06. The normalized spacial score (nSPS) is 11.0. The number of carboxylic acids is 1. The number of aromatic carboxylic acids is 1. The second-order valence-electron chi connectivity index (χ2n) is 4.44. The molecule has 23 heavy (non-hydrogen) atoms. The van der Waals surface area contributed by atoms with Gasteiger partial charge in [0.1, 0.15) is 5.69 Å². The number of nitrogens with zero attached hydrogens (tertiary/aromatic N) is 2. The fraction of sp³-hybridized carbons (Fsp3) is 0.0769. The van der Waals surface area contributed by atoms with Crippen LogP contribution in [0.3, 0.4) is 0 Å². The van der Waals surface area contributed by atoms with Crippen LogP contribution in [-0.2, 0) is 10.0 Å². The average Bonchev–Trinajstić information content (AvgIpc) is 2.53. The molecule has 120 valence electrons. The Kier molecular flexibility index (Phi) is 4.67. The SMILES string of the molecule is Cc1ccc(C(=O)O)cc1S(=O)(=O)NNC(=O)c1cnccn1. The molecule has 1 heterocycles. The molecule has 2 rings (SSSR count). The molecule has 0 atom stereocenters. The third kappa shape index (κ3) is 3.87. The molecule has 0 spiro atoms. The number of amides is 1. The number of aryl methyl sites for hydroxylation is 1. The van der Waals surface area contributed by atoms with Crippen molar-refractivity contribution in [2.45, 2.75) is 11.8 Å². The summed E-state index contributed by atoms with van der Waals surface area (Å²) in [4.78, 5) is 31.7. The standard InChI is InChI=1S/C13H12N4O5S/c1-8-2-3-9(13(19)20)6-11(8)23(21,22)17-16-12(18)10-7-14-4-5-15-10/h2-7,17H,1H3,(H,16,18)(H,19,20). The highest BCUT2D eigenvalue weighted by Crippen LogP contribution is 2.16. The van der Waals surface area contributed by atoms with Crippen LogP contribution in [0.15, 0.2) is 41.7 Å². The van der Waals surface area contributed by atoms with E-state index in [-0.39, 0.29) is 16.2 Å². The summed E-state index contributed by atoms with van der Waals surface area (Å²) in [5.74, 6) is -2.06. The Morgan fingerprint density at radius 3 is 2.57 bits per heavy atom. The van der Waals surface area contributed by atoms with Crippen molar-refractivity contribution in [1.29, 1.82) is 0 Å². The first-order valence-corrected chi connectivity index (χ1v) is 7.71. The number of aromatic nitrogens is 2. The van der Waals surface area contributed by atoms with E-state index in [0.29, 0.717) is 5.56 Å². The molecule has 3 N–H and O–H groups in total. The predicted octanol–water partition coefficient (Wildman–Crippen LogP) is 0.107. The molecule has 9 nitrogen and oxygen atoms in total. The van der Waals surface area contributed by atoms with Crippen molar-refractivity contribution >= 4 is 21.9 Å². The van der Waals surface area contributed by atoms with Gasteiger partial charge >= 0.3 is 5.97 Å². The minimum atomic E-state index is -4.14. The van der Waals surface area contributed by atoms with Gasteiger partial charge in [-0.25, -0.2) is 18.2 Å². The molecule has 0 unspecified atom stereocenters. The van der Waals surface area contributed by atoms with Crippen LogP contribution in [0.5, 0.6) is 0 Å². The topological polar surface area (TPSA) is 138 Å². The summed E-state index contributed by atoms with van der Waals surface area (Å²) < 4.78 is 24.4. The van der Waals surface area contributed by atoms with Crippen molar-refractivity contribution in [2.75, 3.05) is 0 Å². The van der Waals surface area contributed by atoms with Crippen LogP contribution in [0.2, 0.25) is 0 Å². The fourth-order valence-electron chi connectivity index (χ4n) is 1.67. The van der Waals surface area contributed by atoms with Gasteiger partial charge in [-0.05, 0) is 24.6 Å². The first-order valence-electron chi connectivity index (χ1n) is 6.23. The minimum Gasteiger partial charge on any atom is -0.478 e. The summed E-state index contributed by atoms with van der Waals surface area (Å²) in [7, 11) is -4.14. The highest BCUT2D eigenvalue weighted by atomic mass is 32.2. The molecule has 10 heteroatoms. The Morgan fingerprint density at radius 2 is 1.96 bits per heavy atom. The number of carbonyl (C=O) groups is 2. The van der Waals surface area contributed by atoms with Crippen LogP contribution in [-0.4, -0.2) is 35.4 Å². The monoisotopic (exact) mass is 336 g/mol. The van der Waals surface area contributed by atoms with E-state index in [4.69, 9.17) is 5.11 Å². The van der Waals surface area contributed by atoms with Gasteiger partial charge in [-0.3, -0.25) is 15.2 Å². The van der Waals surface area contributed by atoms with Crippen molar-refractivity contribution in [2.24, 2.45) is 0 Å². The number of hydrazine groups is 1. The largest absolute Gasteiger partial charge is 0.478 e. The molecule has 1 aromatic carbocycles. The quantitative estimate of drug-likeness (QED) is 0.658. The van der Waals surface area contributed by atoms with Gasteiger partial charge in [0.05, 0.1) is 16.7 Å². The zero-order chi connectivity index (χ0) is 17.0. The molecule has 0 aliphatic heterocycles. The van der Waals surface area contributed by atoms with Gasteiger partial charge in [-0.2, -0.15) is 0 Å². The number of carboxylic acid groups (broad SMARTS) is 1. The predicted molar refractivity (Wildman–Crippen MR) is 78.0 cm³/mol. The Balaban J connectivity index is 2.21. The zero-order valence-electron chi connectivity index (χ0n) is 11.8. The van der Waals surface area contributed by atoms with E-state index in [1.807, 2.05) is 10.3 Å². The summed E-state index contributed by atoms with van der Waals surface area (Å²) in [5, 5.41) is 8.93. The van der Waals surface area contributed by atoms with Gasteiger partial charge in [0, 0.05) is 12.4 Å². The highest BCUT2D eigenvalue weighted by Gasteiger charge is 2.20. The van der Waals surface area contributed by atoms with Gasteiger partial charge in [0.2, 0.25) is 0 Å². The first kappa shape index (κ1) is 16.5. The lowest BCUT2D eigenvalue weighted by molar-refractivity contribution is 0.0696. The Hall–Kier alpha value is -2.85. The maximum atomic E-state index is 12.2. The number of rotatable bonds is 5. The van der Waals surface area contributed by atoms with Crippen LogP contribution in [0.1, 0.15) is 26.4 Å². The minimum absolute atomic E-state index is 0.0776. The van der Waals surface area contributed by atoms with Crippen LogP contribution in [0.4, 0.5) is 0 Å². The molecule has 1 amide bonds. The molecule has 2 aromatic rings. The van der Waals surface area contributed by atoms with Crippen molar-refractivity contribution < 1.29 is 23.1 Å². The van der Waals surface area contributed by atoms with Gasteiger partial charge in [-0.1, -0.05) is 6.07 Å². The maximum absolute atomic E-state index is 12.2. The first-order chi connectivity index (χ1) is 10.8. The smallest absolute Gasteiger partial charge is 0.335 e. The Labute approximate surface area is 131 Å². The van der Waals surface area contributed by atoms with Crippen molar-refractivity contribution in [3.63, 3.8) is 0 Å². The van der Waals surface area contributed by atoms with Crippen molar-refractivity contribution in [3.8, 4) is 0 Å². The number of nitrogens with one attached hydrogen (secondary N) is 2. The van der Waals surface area contributed by atoms with E-state index in [1.165, 1.54) is 37.6 Å². The number of sulfonamides is 1. The van der Waals surface area contributed by atoms with Crippen LogP contribution in [0.25, 0.3) is 0 Å². The molecule has 0 aliphatic carbocycles. The lowest BCUT2D eigenvalue weighted by Gasteiger charge is -2.10. The van der Waals surface area contributed by atoms with Gasteiger partial charge in [-0.15, -0.1) is 4.83 Å². The lowest BCUT2D eigenvalue weighted by Crippen LogP contribution is -2.42. The van der Waals surface area contributed by atoms with Gasteiger partial charge in [0.15, 0.2) is 0 Å². The molecule has 0 fully saturated rings. The number of benzene rings is 1. The number of hydrogen-bond donors (Lipinski definition) is 3. The number of hydrogen-bond acceptors (Lipinski definition) is 6. The summed E-state index contributed by atoms with van der Waals surface area (Å²) in [6.45, 7) is 1.50. The van der Waals surface area contributed by atoms with E-state index < -0.39 is 21.9 Å². The van der Waals surface area contributed by atoms with E-state index in [0.717, 1.165) is 6.07 Å². The highest BCUT2D eigenvalue weighted by molar-refractivity contribution is 7.89. The van der Waals surface area contributed by atoms with E-state index in [2.05, 4.69) is 9.97 Å². The van der Waals surface area contributed by atoms with Crippen molar-refractivity contribution in [3.05, 3.63) is 53.6 Å². The van der Waals surface area contributed by atoms with Gasteiger partial charge in [0.25, 0.3) is 15.9 Å². The van der Waals surface area contributed by atoms with Crippen molar-refractivity contribution in [1.82, 2.24) is 20.2 Å². The molecule has 0 saturated heterocycles. The van der Waals surface area contributed by atoms with E-state index >= 15 is 0 Å². The van der Waals surface area contributed by atoms with E-state index in [1.54, 1.807) is 0 Å².